The summed E-state index contributed by atoms with van der Waals surface area (Å²) in [6, 6.07) is 18.9. The second-order valence-electron chi connectivity index (χ2n) is 7.86. The Morgan fingerprint density at radius 3 is 1.63 bits per heavy atom. The van der Waals surface area contributed by atoms with Crippen molar-refractivity contribution >= 4 is 36.2 Å². The van der Waals surface area contributed by atoms with E-state index in [1.807, 2.05) is 6.07 Å². The zero-order valence-electron chi connectivity index (χ0n) is 19.6. The third-order valence-electron chi connectivity index (χ3n) is 4.86. The Hall–Kier alpha value is -4.51. The van der Waals surface area contributed by atoms with Gasteiger partial charge in [0, 0.05) is 27.8 Å². The molecule has 0 saturated carbocycles. The van der Waals surface area contributed by atoms with Gasteiger partial charge in [-0.15, -0.1) is 0 Å². The molecule has 0 heterocycles. The fraction of sp³-hybridized carbons (Fsp3) is 0.0667. The summed E-state index contributed by atoms with van der Waals surface area (Å²) < 4.78 is 25.5. The molecule has 0 amide bonds. The number of hydrogen-bond donors (Lipinski definition) is 0. The number of carbonyl (C=O) groups excluding carboxylic acids is 2. The van der Waals surface area contributed by atoms with E-state index in [1.165, 1.54) is 6.07 Å². The van der Waals surface area contributed by atoms with Gasteiger partial charge in [0.15, 0.2) is 0 Å². The molecule has 0 atom stereocenters. The van der Waals surface area contributed by atoms with Crippen molar-refractivity contribution in [3.05, 3.63) is 119 Å². The van der Waals surface area contributed by atoms with E-state index in [0.717, 1.165) is 0 Å². The Morgan fingerprint density at radius 2 is 1.14 bits per heavy atom. The number of halogens is 1. The molecule has 0 saturated heterocycles. The number of benzene rings is 3. The average Bonchev–Trinajstić information content (AvgIpc) is 2.83. The standard InChI is InChI=1S/C30H25FO4/c1-20(2)29(32)34-27-11-7-5-9-24(27)16-14-22-13-15-23(26(31)19-22)17-18-25-10-6-8-12-28(25)35-30(33)21(3)4/h5-19H,1,3H2,2,4H3/b16-14+,18-17+. The largest absolute Gasteiger partial charge is 0.423 e. The van der Waals surface area contributed by atoms with Crippen LogP contribution in [0.1, 0.15) is 36.1 Å². The third-order valence-corrected chi connectivity index (χ3v) is 4.86. The summed E-state index contributed by atoms with van der Waals surface area (Å²) in [5.41, 5.74) is 2.90. The predicted molar refractivity (Wildman–Crippen MR) is 138 cm³/mol. The topological polar surface area (TPSA) is 52.6 Å². The normalized spacial score (nSPS) is 10.9. The molecule has 0 aliphatic carbocycles. The van der Waals surface area contributed by atoms with Gasteiger partial charge in [0.1, 0.15) is 17.3 Å². The van der Waals surface area contributed by atoms with Gasteiger partial charge in [-0.25, -0.2) is 14.0 Å². The molecule has 0 aliphatic rings. The summed E-state index contributed by atoms with van der Waals surface area (Å²) in [5.74, 6) is -0.694. The van der Waals surface area contributed by atoms with E-state index in [1.54, 1.807) is 92.7 Å². The monoisotopic (exact) mass is 468 g/mol. The van der Waals surface area contributed by atoms with Crippen LogP contribution in [0.15, 0.2) is 91.0 Å². The zero-order chi connectivity index (χ0) is 25.4. The molecule has 4 nitrogen and oxygen atoms in total. The Bertz CT molecular complexity index is 1350. The van der Waals surface area contributed by atoms with Gasteiger partial charge in [0.25, 0.3) is 0 Å². The van der Waals surface area contributed by atoms with Crippen molar-refractivity contribution in [3.63, 3.8) is 0 Å². The van der Waals surface area contributed by atoms with E-state index in [9.17, 15) is 14.0 Å². The van der Waals surface area contributed by atoms with Crippen molar-refractivity contribution in [2.24, 2.45) is 0 Å². The molecular formula is C30H25FO4. The maximum Gasteiger partial charge on any atom is 0.338 e. The third kappa shape index (κ3) is 6.98. The molecule has 0 fully saturated rings. The number of esters is 2. The fourth-order valence-corrected chi connectivity index (χ4v) is 2.94. The van der Waals surface area contributed by atoms with Crippen LogP contribution in [0, 0.1) is 5.82 Å². The minimum Gasteiger partial charge on any atom is -0.423 e. The molecule has 3 aromatic rings. The smallest absolute Gasteiger partial charge is 0.338 e. The molecular weight excluding hydrogens is 443 g/mol. The summed E-state index contributed by atoms with van der Waals surface area (Å²) in [6.45, 7) is 10.3. The lowest BCUT2D eigenvalue weighted by atomic mass is 10.1. The highest BCUT2D eigenvalue weighted by Gasteiger charge is 2.09. The van der Waals surface area contributed by atoms with Gasteiger partial charge in [-0.3, -0.25) is 0 Å². The van der Waals surface area contributed by atoms with Gasteiger partial charge < -0.3 is 9.47 Å². The first kappa shape index (κ1) is 25.1. The molecule has 0 aromatic heterocycles. The van der Waals surface area contributed by atoms with Crippen LogP contribution in [-0.2, 0) is 9.59 Å². The van der Waals surface area contributed by atoms with Gasteiger partial charge in [-0.2, -0.15) is 0 Å². The fourth-order valence-electron chi connectivity index (χ4n) is 2.94. The summed E-state index contributed by atoms with van der Waals surface area (Å²) in [7, 11) is 0. The van der Waals surface area contributed by atoms with E-state index in [4.69, 9.17) is 9.47 Å². The minimum absolute atomic E-state index is 0.287. The molecule has 0 bridgehead atoms. The van der Waals surface area contributed by atoms with Crippen LogP contribution in [0.2, 0.25) is 0 Å². The molecule has 0 aliphatic heterocycles. The molecule has 35 heavy (non-hydrogen) atoms. The highest BCUT2D eigenvalue weighted by atomic mass is 19.1. The van der Waals surface area contributed by atoms with Crippen LogP contribution >= 0.6 is 0 Å². The number of rotatable bonds is 8. The lowest BCUT2D eigenvalue weighted by Crippen LogP contribution is -2.08. The van der Waals surface area contributed by atoms with Crippen molar-refractivity contribution < 1.29 is 23.5 Å². The van der Waals surface area contributed by atoms with E-state index < -0.39 is 17.8 Å². The molecule has 0 spiro atoms. The SMILES string of the molecule is C=C(C)C(=O)Oc1ccccc1/C=C/c1ccc(/C=C/c2ccccc2OC(=O)C(=C)C)c(F)c1. The van der Waals surface area contributed by atoms with Gasteiger partial charge in [-0.05, 0) is 37.6 Å². The Kier molecular flexibility index (Phi) is 8.30. The first-order valence-electron chi connectivity index (χ1n) is 10.8. The molecule has 0 N–H and O–H groups in total. The quantitative estimate of drug-likeness (QED) is 0.153. The average molecular weight is 469 g/mol. The minimum atomic E-state index is -0.524. The van der Waals surface area contributed by atoms with Crippen molar-refractivity contribution in [2.75, 3.05) is 0 Å². The Labute approximate surface area is 204 Å². The first-order chi connectivity index (χ1) is 16.7. The summed E-state index contributed by atoms with van der Waals surface area (Å²) in [5, 5.41) is 0. The highest BCUT2D eigenvalue weighted by Crippen LogP contribution is 2.24. The van der Waals surface area contributed by atoms with Gasteiger partial charge in [-0.1, -0.05) is 86.0 Å². The van der Waals surface area contributed by atoms with Gasteiger partial charge in [0.05, 0.1) is 0 Å². The Balaban J connectivity index is 1.78. The molecule has 5 heteroatoms. The molecule has 3 rings (SSSR count). The summed E-state index contributed by atoms with van der Waals surface area (Å²) in [4.78, 5) is 23.7. The van der Waals surface area contributed by atoms with Crippen LogP contribution in [0.3, 0.4) is 0 Å². The van der Waals surface area contributed by atoms with Crippen LogP contribution in [0.4, 0.5) is 4.39 Å². The molecule has 3 aromatic carbocycles. The van der Waals surface area contributed by atoms with Crippen molar-refractivity contribution in [1.82, 2.24) is 0 Å². The van der Waals surface area contributed by atoms with Crippen molar-refractivity contribution in [2.45, 2.75) is 13.8 Å². The summed E-state index contributed by atoms with van der Waals surface area (Å²) in [6.07, 6.45) is 6.78. The second kappa shape index (κ2) is 11.6. The Morgan fingerprint density at radius 1 is 0.686 bits per heavy atom. The number of hydrogen-bond acceptors (Lipinski definition) is 4. The molecule has 0 unspecified atom stereocenters. The van der Waals surface area contributed by atoms with Crippen LogP contribution < -0.4 is 9.47 Å². The van der Waals surface area contributed by atoms with Crippen LogP contribution in [0.25, 0.3) is 24.3 Å². The predicted octanol–water partition coefficient (Wildman–Crippen LogP) is 7.13. The first-order valence-corrected chi connectivity index (χ1v) is 10.8. The van der Waals surface area contributed by atoms with E-state index >= 15 is 0 Å². The zero-order valence-corrected chi connectivity index (χ0v) is 19.6. The molecule has 176 valence electrons. The second-order valence-corrected chi connectivity index (χ2v) is 7.86. The number of carbonyl (C=O) groups is 2. The number of ether oxygens (including phenoxy) is 2. The maximum atomic E-state index is 14.8. The number of para-hydroxylation sites is 2. The van der Waals surface area contributed by atoms with Crippen LogP contribution in [-0.4, -0.2) is 11.9 Å². The highest BCUT2D eigenvalue weighted by molar-refractivity contribution is 5.90. The van der Waals surface area contributed by atoms with Gasteiger partial charge >= 0.3 is 11.9 Å². The lowest BCUT2D eigenvalue weighted by molar-refractivity contribution is -0.130. The maximum absolute atomic E-state index is 14.8. The van der Waals surface area contributed by atoms with Crippen molar-refractivity contribution in [1.29, 1.82) is 0 Å². The lowest BCUT2D eigenvalue weighted by Gasteiger charge is -2.07. The molecule has 0 radical (unpaired) electrons. The van der Waals surface area contributed by atoms with E-state index in [2.05, 4.69) is 13.2 Å². The van der Waals surface area contributed by atoms with E-state index in [0.29, 0.717) is 39.3 Å². The van der Waals surface area contributed by atoms with Crippen LogP contribution in [0.5, 0.6) is 11.5 Å². The van der Waals surface area contributed by atoms with Crippen molar-refractivity contribution in [3.8, 4) is 11.5 Å². The summed E-state index contributed by atoms with van der Waals surface area (Å²) >= 11 is 0. The van der Waals surface area contributed by atoms with Gasteiger partial charge in [0.2, 0.25) is 0 Å². The van der Waals surface area contributed by atoms with E-state index in [-0.39, 0.29) is 5.57 Å².